The number of benzene rings is 3. The van der Waals surface area contributed by atoms with Crippen LogP contribution in [0, 0.1) is 0 Å². The van der Waals surface area contributed by atoms with Gasteiger partial charge < -0.3 is 0 Å². The molecule has 0 bridgehead atoms. The minimum absolute atomic E-state index is 1.01. The molecule has 0 saturated heterocycles. The highest BCUT2D eigenvalue weighted by molar-refractivity contribution is 5.95. The van der Waals surface area contributed by atoms with Crippen LogP contribution in [0.2, 0.25) is 0 Å². The number of fused-ring (bicyclic) bond motifs is 1. The van der Waals surface area contributed by atoms with Gasteiger partial charge in [-0.15, -0.1) is 0 Å². The molecule has 1 heteroatoms. The topological polar surface area (TPSA) is 12.9 Å². The summed E-state index contributed by atoms with van der Waals surface area (Å²) in [6.45, 7) is 0. The Bertz CT molecular complexity index is 921. The van der Waals surface area contributed by atoms with Crippen LogP contribution in [0.4, 0.5) is 0 Å². The summed E-state index contributed by atoms with van der Waals surface area (Å²) in [7, 11) is 0. The lowest BCUT2D eigenvalue weighted by molar-refractivity contribution is 1.33. The average Bonchev–Trinajstić information content (AvgIpc) is 2.62. The average molecular weight is 281 g/mol. The Balaban J connectivity index is 1.89. The second-order valence-electron chi connectivity index (χ2n) is 5.30. The zero-order valence-corrected chi connectivity index (χ0v) is 12.1. The van der Waals surface area contributed by atoms with Crippen molar-refractivity contribution in [2.24, 2.45) is 0 Å². The van der Waals surface area contributed by atoms with Crippen molar-refractivity contribution >= 4 is 10.8 Å². The number of hydrogen-bond acceptors (Lipinski definition) is 1. The maximum Gasteiger partial charge on any atom is 0.0715 e. The van der Waals surface area contributed by atoms with Crippen molar-refractivity contribution in [2.75, 3.05) is 0 Å². The third-order valence-electron chi connectivity index (χ3n) is 3.88. The molecule has 0 aliphatic carbocycles. The number of hydrogen-bond donors (Lipinski definition) is 0. The molecule has 0 radical (unpaired) electrons. The lowest BCUT2D eigenvalue weighted by Crippen LogP contribution is -1.88. The molecule has 22 heavy (non-hydrogen) atoms. The smallest absolute Gasteiger partial charge is 0.0715 e. The van der Waals surface area contributed by atoms with Gasteiger partial charge in [-0.1, -0.05) is 78.9 Å². The fourth-order valence-corrected chi connectivity index (χ4v) is 2.80. The first-order valence-electron chi connectivity index (χ1n) is 7.42. The van der Waals surface area contributed by atoms with Gasteiger partial charge in [0.1, 0.15) is 0 Å². The van der Waals surface area contributed by atoms with E-state index in [2.05, 4.69) is 72.8 Å². The van der Waals surface area contributed by atoms with Gasteiger partial charge in [0.05, 0.1) is 11.4 Å². The van der Waals surface area contributed by atoms with Crippen molar-refractivity contribution in [1.29, 1.82) is 0 Å². The molecule has 0 aliphatic heterocycles. The molecule has 4 rings (SSSR count). The Morgan fingerprint density at radius 3 is 2.09 bits per heavy atom. The third kappa shape index (κ3) is 2.27. The van der Waals surface area contributed by atoms with E-state index < -0.39 is 0 Å². The van der Waals surface area contributed by atoms with Crippen molar-refractivity contribution in [3.8, 4) is 22.5 Å². The maximum absolute atomic E-state index is 4.86. The Hall–Kier alpha value is -2.93. The Labute approximate surface area is 129 Å². The molecule has 1 aromatic heterocycles. The third-order valence-corrected chi connectivity index (χ3v) is 3.88. The van der Waals surface area contributed by atoms with E-state index in [1.807, 2.05) is 18.2 Å². The minimum atomic E-state index is 1.01. The Morgan fingerprint density at radius 1 is 0.500 bits per heavy atom. The molecule has 4 aromatic rings. The lowest BCUT2D eigenvalue weighted by Gasteiger charge is -2.08. The van der Waals surface area contributed by atoms with Gasteiger partial charge in [-0.05, 0) is 22.9 Å². The number of pyridine rings is 1. The second-order valence-corrected chi connectivity index (χ2v) is 5.30. The zero-order chi connectivity index (χ0) is 14.8. The molecule has 0 N–H and O–H groups in total. The highest BCUT2D eigenvalue weighted by Gasteiger charge is 2.06. The monoisotopic (exact) mass is 281 g/mol. The normalized spacial score (nSPS) is 10.7. The molecular formula is C21H15N. The van der Waals surface area contributed by atoms with Gasteiger partial charge in [-0.25, -0.2) is 4.98 Å². The number of aromatic nitrogens is 1. The molecule has 1 nitrogen and oxygen atoms in total. The van der Waals surface area contributed by atoms with Crippen LogP contribution < -0.4 is 0 Å². The summed E-state index contributed by atoms with van der Waals surface area (Å²) in [4.78, 5) is 4.86. The number of rotatable bonds is 2. The molecule has 0 unspecified atom stereocenters. The van der Waals surface area contributed by atoms with Crippen molar-refractivity contribution in [1.82, 2.24) is 4.98 Å². The van der Waals surface area contributed by atoms with Crippen molar-refractivity contribution < 1.29 is 0 Å². The van der Waals surface area contributed by atoms with Crippen molar-refractivity contribution in [3.05, 3.63) is 91.0 Å². The molecule has 0 fully saturated rings. The molecule has 0 amide bonds. The summed E-state index contributed by atoms with van der Waals surface area (Å²) in [6.07, 6.45) is 0. The van der Waals surface area contributed by atoms with Crippen LogP contribution >= 0.6 is 0 Å². The highest BCUT2D eigenvalue weighted by atomic mass is 14.7. The van der Waals surface area contributed by atoms with Crippen LogP contribution in [-0.4, -0.2) is 4.98 Å². The van der Waals surface area contributed by atoms with Gasteiger partial charge in [0.2, 0.25) is 0 Å². The first kappa shape index (κ1) is 12.8. The minimum Gasteiger partial charge on any atom is -0.248 e. The fourth-order valence-electron chi connectivity index (χ4n) is 2.80. The van der Waals surface area contributed by atoms with Crippen LogP contribution in [0.1, 0.15) is 0 Å². The lowest BCUT2D eigenvalue weighted by atomic mass is 10.0. The molecule has 1 heterocycles. The molecular weight excluding hydrogens is 266 g/mol. The second kappa shape index (κ2) is 5.45. The van der Waals surface area contributed by atoms with E-state index in [1.54, 1.807) is 0 Å². The van der Waals surface area contributed by atoms with E-state index >= 15 is 0 Å². The first-order chi connectivity index (χ1) is 10.9. The standard InChI is InChI=1S/C21H15N/c1-2-9-17(10-3-1)20-14-7-15-21(22-20)19-13-6-11-16-8-4-5-12-18(16)19/h1-15H. The number of nitrogens with zero attached hydrogens (tertiary/aromatic N) is 1. The van der Waals surface area contributed by atoms with Crippen LogP contribution in [0.5, 0.6) is 0 Å². The summed E-state index contributed by atoms with van der Waals surface area (Å²) in [5.74, 6) is 0. The highest BCUT2D eigenvalue weighted by Crippen LogP contribution is 2.28. The van der Waals surface area contributed by atoms with Gasteiger partial charge in [-0.2, -0.15) is 0 Å². The molecule has 3 aromatic carbocycles. The SMILES string of the molecule is c1ccc(-c2cccc(-c3cccc4ccccc34)n2)cc1. The van der Waals surface area contributed by atoms with E-state index in [0.29, 0.717) is 0 Å². The molecule has 0 atom stereocenters. The Morgan fingerprint density at radius 2 is 1.18 bits per heavy atom. The molecule has 0 aliphatic rings. The van der Waals surface area contributed by atoms with Gasteiger partial charge >= 0.3 is 0 Å². The van der Waals surface area contributed by atoms with Gasteiger partial charge in [0, 0.05) is 11.1 Å². The van der Waals surface area contributed by atoms with Crippen LogP contribution in [0.25, 0.3) is 33.3 Å². The van der Waals surface area contributed by atoms with E-state index in [1.165, 1.54) is 16.3 Å². The maximum atomic E-state index is 4.86. The van der Waals surface area contributed by atoms with Crippen molar-refractivity contribution in [2.45, 2.75) is 0 Å². The fraction of sp³-hybridized carbons (Fsp3) is 0. The summed E-state index contributed by atoms with van der Waals surface area (Å²) < 4.78 is 0. The largest absolute Gasteiger partial charge is 0.248 e. The van der Waals surface area contributed by atoms with E-state index in [9.17, 15) is 0 Å². The molecule has 0 spiro atoms. The van der Waals surface area contributed by atoms with Crippen molar-refractivity contribution in [3.63, 3.8) is 0 Å². The van der Waals surface area contributed by atoms with Gasteiger partial charge in [0.25, 0.3) is 0 Å². The summed E-state index contributed by atoms with van der Waals surface area (Å²) in [6, 6.07) is 31.3. The van der Waals surface area contributed by atoms with Gasteiger partial charge in [0.15, 0.2) is 0 Å². The summed E-state index contributed by atoms with van der Waals surface area (Å²) >= 11 is 0. The zero-order valence-electron chi connectivity index (χ0n) is 12.1. The Kier molecular flexibility index (Phi) is 3.17. The van der Waals surface area contributed by atoms with Crippen LogP contribution in [0.3, 0.4) is 0 Å². The predicted octanol–water partition coefficient (Wildman–Crippen LogP) is 5.57. The van der Waals surface area contributed by atoms with Crippen LogP contribution in [-0.2, 0) is 0 Å². The molecule has 0 saturated carbocycles. The first-order valence-corrected chi connectivity index (χ1v) is 7.42. The molecule has 104 valence electrons. The predicted molar refractivity (Wildman–Crippen MR) is 92.6 cm³/mol. The van der Waals surface area contributed by atoms with Gasteiger partial charge in [-0.3, -0.25) is 0 Å². The van der Waals surface area contributed by atoms with E-state index in [-0.39, 0.29) is 0 Å². The quantitative estimate of drug-likeness (QED) is 0.468. The van der Waals surface area contributed by atoms with Crippen LogP contribution in [0.15, 0.2) is 91.0 Å². The summed E-state index contributed by atoms with van der Waals surface area (Å²) in [5, 5.41) is 2.48. The van der Waals surface area contributed by atoms with E-state index in [4.69, 9.17) is 4.98 Å². The summed E-state index contributed by atoms with van der Waals surface area (Å²) in [5.41, 5.74) is 4.34. The van der Waals surface area contributed by atoms with E-state index in [0.717, 1.165) is 17.0 Å².